The number of hydrogen-bond donors (Lipinski definition) is 0. The second kappa shape index (κ2) is 7.10. The molecule has 0 N–H and O–H groups in total. The van der Waals surface area contributed by atoms with E-state index >= 15 is 0 Å². The molecule has 5 rings (SSSR count). The molecule has 3 aromatic rings. The Labute approximate surface area is 167 Å². The monoisotopic (exact) mass is 391 g/mol. The number of hydrogen-bond acceptors (Lipinski definition) is 3. The third-order valence-corrected chi connectivity index (χ3v) is 6.41. The van der Waals surface area contributed by atoms with Crippen molar-refractivity contribution in [3.05, 3.63) is 76.5 Å². The lowest BCUT2D eigenvalue weighted by molar-refractivity contribution is -0.136. The molecule has 2 aromatic carbocycles. The maximum atomic E-state index is 13.2. The van der Waals surface area contributed by atoms with E-state index in [1.807, 2.05) is 35.2 Å². The highest BCUT2D eigenvalue weighted by atomic mass is 19.1. The molecule has 2 saturated heterocycles. The van der Waals surface area contributed by atoms with Gasteiger partial charge in [0.05, 0.1) is 11.6 Å². The van der Waals surface area contributed by atoms with Gasteiger partial charge < -0.3 is 4.90 Å². The first kappa shape index (κ1) is 18.0. The minimum Gasteiger partial charge on any atom is -0.335 e. The van der Waals surface area contributed by atoms with Crippen LogP contribution in [0.2, 0.25) is 0 Å². The van der Waals surface area contributed by atoms with Gasteiger partial charge in [-0.25, -0.2) is 9.07 Å². The molecule has 2 fully saturated rings. The van der Waals surface area contributed by atoms with Gasteiger partial charge in [-0.15, -0.1) is 0 Å². The maximum Gasteiger partial charge on any atom is 0.275 e. The predicted molar refractivity (Wildman–Crippen MR) is 108 cm³/mol. The molecular weight excluding hydrogens is 369 g/mol. The lowest BCUT2D eigenvalue weighted by Gasteiger charge is -2.39. The Morgan fingerprint density at radius 2 is 1.72 bits per heavy atom. The zero-order chi connectivity index (χ0) is 20.0. The third kappa shape index (κ3) is 3.22. The van der Waals surface area contributed by atoms with Crippen LogP contribution < -0.4 is 5.56 Å². The standard InChI is InChI=1S/C23H22FN3O2/c24-18-7-5-15(6-8-18)17-11-19-9-10-20(12-17)27(19)22(28)14-26-23(29)21-4-2-1-3-16(21)13-25-26/h1-8,13,17,19-20H,9-12,14H2/t17?,19-,20+. The normalized spacial score (nSPS) is 23.5. The molecule has 0 spiro atoms. The predicted octanol–water partition coefficient (Wildman–Crippen LogP) is 3.47. The maximum absolute atomic E-state index is 13.2. The molecule has 2 aliphatic heterocycles. The van der Waals surface area contributed by atoms with Gasteiger partial charge in [0, 0.05) is 17.5 Å². The van der Waals surface area contributed by atoms with Crippen molar-refractivity contribution in [3.8, 4) is 0 Å². The summed E-state index contributed by atoms with van der Waals surface area (Å²) >= 11 is 0. The summed E-state index contributed by atoms with van der Waals surface area (Å²) in [6.07, 6.45) is 5.36. The lowest BCUT2D eigenvalue weighted by Crippen LogP contribution is -2.48. The highest BCUT2D eigenvalue weighted by molar-refractivity contribution is 5.81. The first-order valence-corrected chi connectivity index (χ1v) is 10.1. The molecule has 2 aliphatic rings. The van der Waals surface area contributed by atoms with Gasteiger partial charge in [0.2, 0.25) is 5.91 Å². The zero-order valence-corrected chi connectivity index (χ0v) is 16.0. The number of carbonyl (C=O) groups is 1. The summed E-state index contributed by atoms with van der Waals surface area (Å²) in [6.45, 7) is -0.0299. The molecule has 1 amide bonds. The Balaban J connectivity index is 1.35. The van der Waals surface area contributed by atoms with E-state index in [1.54, 1.807) is 12.3 Å². The van der Waals surface area contributed by atoms with Gasteiger partial charge in [-0.2, -0.15) is 5.10 Å². The number of halogens is 1. The van der Waals surface area contributed by atoms with E-state index in [4.69, 9.17) is 0 Å². The molecule has 5 nitrogen and oxygen atoms in total. The molecular formula is C23H22FN3O2. The number of piperidine rings is 1. The van der Waals surface area contributed by atoms with Crippen molar-refractivity contribution < 1.29 is 9.18 Å². The number of aromatic nitrogens is 2. The second-order valence-corrected chi connectivity index (χ2v) is 8.10. The summed E-state index contributed by atoms with van der Waals surface area (Å²) in [5.41, 5.74) is 0.910. The van der Waals surface area contributed by atoms with E-state index in [-0.39, 0.29) is 35.9 Å². The molecule has 3 atom stereocenters. The number of fused-ring (bicyclic) bond motifs is 3. The van der Waals surface area contributed by atoms with Crippen molar-refractivity contribution in [2.75, 3.05) is 0 Å². The molecule has 2 bridgehead atoms. The highest BCUT2D eigenvalue weighted by Crippen LogP contribution is 2.43. The summed E-state index contributed by atoms with van der Waals surface area (Å²) in [5.74, 6) is 0.0799. The highest BCUT2D eigenvalue weighted by Gasteiger charge is 2.43. The molecule has 3 heterocycles. The zero-order valence-electron chi connectivity index (χ0n) is 16.0. The van der Waals surface area contributed by atoms with Gasteiger partial charge in [-0.05, 0) is 55.4 Å². The first-order valence-electron chi connectivity index (χ1n) is 10.1. The van der Waals surface area contributed by atoms with Crippen molar-refractivity contribution >= 4 is 16.7 Å². The van der Waals surface area contributed by atoms with E-state index in [0.717, 1.165) is 36.6 Å². The van der Waals surface area contributed by atoms with Crippen molar-refractivity contribution in [1.29, 1.82) is 0 Å². The minimum absolute atomic E-state index is 0.0299. The van der Waals surface area contributed by atoms with Crippen LogP contribution in [0.25, 0.3) is 10.8 Å². The summed E-state index contributed by atoms with van der Waals surface area (Å²) < 4.78 is 14.5. The fourth-order valence-electron chi connectivity index (χ4n) is 5.04. The summed E-state index contributed by atoms with van der Waals surface area (Å²) in [5, 5.41) is 5.56. The van der Waals surface area contributed by atoms with Crippen LogP contribution in [0, 0.1) is 5.82 Å². The molecule has 148 valence electrons. The number of nitrogens with zero attached hydrogens (tertiary/aromatic N) is 3. The molecule has 1 unspecified atom stereocenters. The largest absolute Gasteiger partial charge is 0.335 e. The van der Waals surface area contributed by atoms with Crippen LogP contribution in [0.5, 0.6) is 0 Å². The van der Waals surface area contributed by atoms with Gasteiger partial charge in [-0.3, -0.25) is 9.59 Å². The summed E-state index contributed by atoms with van der Waals surface area (Å²) in [7, 11) is 0. The van der Waals surface area contributed by atoms with Crippen molar-refractivity contribution in [3.63, 3.8) is 0 Å². The van der Waals surface area contributed by atoms with Crippen molar-refractivity contribution in [2.24, 2.45) is 0 Å². The third-order valence-electron chi connectivity index (χ3n) is 6.41. The van der Waals surface area contributed by atoms with Crippen LogP contribution in [-0.4, -0.2) is 32.7 Å². The average molecular weight is 391 g/mol. The van der Waals surface area contributed by atoms with Crippen molar-refractivity contribution in [2.45, 2.75) is 50.2 Å². The SMILES string of the molecule is O=C(Cn1ncc2ccccc2c1=O)N1[C@@H]2CC[C@H]1CC(c1ccc(F)cc1)C2. The van der Waals surface area contributed by atoms with Gasteiger partial charge in [-0.1, -0.05) is 30.3 Å². The van der Waals surface area contributed by atoms with Crippen LogP contribution in [0.3, 0.4) is 0 Å². The number of rotatable bonds is 3. The second-order valence-electron chi connectivity index (χ2n) is 8.10. The van der Waals surface area contributed by atoms with Crippen LogP contribution in [0.15, 0.2) is 59.5 Å². The first-order chi connectivity index (χ1) is 14.1. The Bertz CT molecular complexity index is 1110. The van der Waals surface area contributed by atoms with E-state index in [2.05, 4.69) is 5.10 Å². The van der Waals surface area contributed by atoms with Crippen LogP contribution in [0.1, 0.15) is 37.2 Å². The smallest absolute Gasteiger partial charge is 0.275 e. The van der Waals surface area contributed by atoms with Crippen LogP contribution >= 0.6 is 0 Å². The Kier molecular flexibility index (Phi) is 4.42. The summed E-state index contributed by atoms with van der Waals surface area (Å²) in [6, 6.07) is 14.4. The molecule has 29 heavy (non-hydrogen) atoms. The quantitative estimate of drug-likeness (QED) is 0.687. The topological polar surface area (TPSA) is 55.2 Å². The summed E-state index contributed by atoms with van der Waals surface area (Å²) in [4.78, 5) is 27.7. The fraction of sp³-hybridized carbons (Fsp3) is 0.348. The molecule has 6 heteroatoms. The Morgan fingerprint density at radius 3 is 2.45 bits per heavy atom. The van der Waals surface area contributed by atoms with Crippen molar-refractivity contribution in [1.82, 2.24) is 14.7 Å². The average Bonchev–Trinajstić information content (AvgIpc) is 3.00. The van der Waals surface area contributed by atoms with E-state index < -0.39 is 0 Å². The van der Waals surface area contributed by atoms with Gasteiger partial charge in [0.1, 0.15) is 12.4 Å². The van der Waals surface area contributed by atoms with E-state index in [0.29, 0.717) is 11.3 Å². The Hall–Kier alpha value is -3.02. The van der Waals surface area contributed by atoms with E-state index in [1.165, 1.54) is 16.8 Å². The molecule has 0 saturated carbocycles. The van der Waals surface area contributed by atoms with Crippen LogP contribution in [-0.2, 0) is 11.3 Å². The van der Waals surface area contributed by atoms with Gasteiger partial charge in [0.15, 0.2) is 0 Å². The fourth-order valence-corrected chi connectivity index (χ4v) is 5.04. The lowest BCUT2D eigenvalue weighted by atomic mass is 9.85. The van der Waals surface area contributed by atoms with Gasteiger partial charge >= 0.3 is 0 Å². The number of benzene rings is 2. The number of amides is 1. The van der Waals surface area contributed by atoms with Gasteiger partial charge in [0.25, 0.3) is 5.56 Å². The Morgan fingerprint density at radius 1 is 1.03 bits per heavy atom. The van der Waals surface area contributed by atoms with E-state index in [9.17, 15) is 14.0 Å². The molecule has 0 aliphatic carbocycles. The minimum atomic E-state index is -0.231. The number of carbonyl (C=O) groups excluding carboxylic acids is 1. The molecule has 0 radical (unpaired) electrons. The molecule has 1 aromatic heterocycles. The van der Waals surface area contributed by atoms with Crippen LogP contribution in [0.4, 0.5) is 4.39 Å².